The smallest absolute Gasteiger partial charge is 0.342 e. The van der Waals surface area contributed by atoms with Crippen molar-refractivity contribution in [3.63, 3.8) is 0 Å². The number of esters is 1. The monoisotopic (exact) mass is 333 g/mol. The number of hydrogen-bond acceptors (Lipinski definition) is 5. The van der Waals surface area contributed by atoms with Crippen molar-refractivity contribution in [1.82, 2.24) is 0 Å². The summed E-state index contributed by atoms with van der Waals surface area (Å²) in [5.74, 6) is -1.23. The van der Waals surface area contributed by atoms with Crippen LogP contribution in [0.25, 0.3) is 0 Å². The molecular weight excluding hydrogens is 317 g/mol. The summed E-state index contributed by atoms with van der Waals surface area (Å²) >= 11 is 0. The van der Waals surface area contributed by atoms with E-state index in [1.165, 1.54) is 37.4 Å². The molecule has 2 rings (SSSR count). The van der Waals surface area contributed by atoms with Gasteiger partial charge in [0.2, 0.25) is 0 Å². The van der Waals surface area contributed by atoms with E-state index in [2.05, 4.69) is 0 Å². The Balaban J connectivity index is 2.10. The lowest BCUT2D eigenvalue weighted by molar-refractivity contribution is -0.119. The maximum Gasteiger partial charge on any atom is 0.342 e. The van der Waals surface area contributed by atoms with E-state index in [0.29, 0.717) is 11.3 Å². The van der Waals surface area contributed by atoms with Crippen molar-refractivity contribution in [1.29, 1.82) is 0 Å². The van der Waals surface area contributed by atoms with Gasteiger partial charge in [0.05, 0.1) is 7.11 Å². The van der Waals surface area contributed by atoms with E-state index in [1.54, 1.807) is 12.1 Å². The Morgan fingerprint density at radius 1 is 1.12 bits per heavy atom. The first-order valence-corrected chi connectivity index (χ1v) is 7.01. The Morgan fingerprint density at radius 2 is 1.88 bits per heavy atom. The molecule has 0 aliphatic carbocycles. The summed E-state index contributed by atoms with van der Waals surface area (Å²) in [5, 5.41) is 0. The van der Waals surface area contributed by atoms with Crippen LogP contribution in [-0.4, -0.2) is 25.6 Å². The van der Waals surface area contributed by atoms with Crippen LogP contribution in [0.4, 0.5) is 4.39 Å². The highest BCUT2D eigenvalue weighted by molar-refractivity contribution is 5.92. The summed E-state index contributed by atoms with van der Waals surface area (Å²) in [6.45, 7) is -0.536. The molecule has 7 heteroatoms. The molecule has 2 aromatic carbocycles. The van der Waals surface area contributed by atoms with Crippen LogP contribution in [0.1, 0.15) is 15.9 Å². The second-order valence-electron chi connectivity index (χ2n) is 4.78. The van der Waals surface area contributed by atoms with Crippen molar-refractivity contribution in [2.75, 3.05) is 13.7 Å². The van der Waals surface area contributed by atoms with Crippen LogP contribution in [-0.2, 0) is 16.1 Å². The number of carbonyl (C=O) groups excluding carboxylic acids is 2. The van der Waals surface area contributed by atoms with Gasteiger partial charge < -0.3 is 19.9 Å². The van der Waals surface area contributed by atoms with Gasteiger partial charge in [0, 0.05) is 5.56 Å². The fourth-order valence-corrected chi connectivity index (χ4v) is 1.99. The van der Waals surface area contributed by atoms with Gasteiger partial charge in [-0.05, 0) is 30.3 Å². The molecule has 0 aliphatic rings. The van der Waals surface area contributed by atoms with Crippen molar-refractivity contribution < 1.29 is 28.2 Å². The van der Waals surface area contributed by atoms with Gasteiger partial charge in [-0.3, -0.25) is 4.79 Å². The SMILES string of the molecule is COc1ccc(F)cc1COC(=O)c1ccccc1OCC(N)=O. The molecule has 0 aliphatic heterocycles. The summed E-state index contributed by atoms with van der Waals surface area (Å²) in [6, 6.07) is 10.2. The highest BCUT2D eigenvalue weighted by atomic mass is 19.1. The number of primary amides is 1. The van der Waals surface area contributed by atoms with Crippen molar-refractivity contribution in [3.05, 3.63) is 59.4 Å². The van der Waals surface area contributed by atoms with Crippen LogP contribution in [0, 0.1) is 5.82 Å². The number of amides is 1. The van der Waals surface area contributed by atoms with Gasteiger partial charge in [-0.2, -0.15) is 0 Å². The second-order valence-corrected chi connectivity index (χ2v) is 4.78. The van der Waals surface area contributed by atoms with E-state index in [9.17, 15) is 14.0 Å². The fraction of sp³-hybridized carbons (Fsp3) is 0.176. The van der Waals surface area contributed by atoms with E-state index in [0.717, 1.165) is 0 Å². The van der Waals surface area contributed by atoms with Gasteiger partial charge in [0.25, 0.3) is 5.91 Å². The summed E-state index contributed by atoms with van der Waals surface area (Å²) in [7, 11) is 1.44. The van der Waals surface area contributed by atoms with Crippen LogP contribution < -0.4 is 15.2 Å². The summed E-state index contributed by atoms with van der Waals surface area (Å²) < 4.78 is 28.8. The maximum atomic E-state index is 13.3. The highest BCUT2D eigenvalue weighted by Gasteiger charge is 2.15. The van der Waals surface area contributed by atoms with Crippen LogP contribution in [0.2, 0.25) is 0 Å². The first-order valence-electron chi connectivity index (χ1n) is 7.01. The first-order chi connectivity index (χ1) is 11.5. The Labute approximate surface area is 137 Å². The largest absolute Gasteiger partial charge is 0.496 e. The maximum absolute atomic E-state index is 13.3. The molecule has 6 nitrogen and oxygen atoms in total. The molecule has 0 saturated heterocycles. The van der Waals surface area contributed by atoms with Crippen molar-refractivity contribution in [3.8, 4) is 11.5 Å². The Kier molecular flexibility index (Phi) is 5.73. The molecule has 0 heterocycles. The molecule has 2 aromatic rings. The number of rotatable bonds is 7. The van der Waals surface area contributed by atoms with Gasteiger partial charge in [-0.15, -0.1) is 0 Å². The predicted octanol–water partition coefficient (Wildman–Crippen LogP) is 2.06. The molecule has 0 fully saturated rings. The number of para-hydroxylation sites is 1. The van der Waals surface area contributed by atoms with Gasteiger partial charge in [-0.25, -0.2) is 9.18 Å². The van der Waals surface area contributed by atoms with Crippen molar-refractivity contribution in [2.24, 2.45) is 5.73 Å². The zero-order chi connectivity index (χ0) is 17.5. The number of benzene rings is 2. The third-order valence-electron chi connectivity index (χ3n) is 3.08. The molecule has 1 amide bonds. The van der Waals surface area contributed by atoms with E-state index < -0.39 is 17.7 Å². The number of nitrogens with two attached hydrogens (primary N) is 1. The third-order valence-corrected chi connectivity index (χ3v) is 3.08. The van der Waals surface area contributed by atoms with Crippen LogP contribution >= 0.6 is 0 Å². The average molecular weight is 333 g/mol. The number of hydrogen-bond donors (Lipinski definition) is 1. The lowest BCUT2D eigenvalue weighted by atomic mass is 10.2. The highest BCUT2D eigenvalue weighted by Crippen LogP contribution is 2.23. The molecule has 0 unspecified atom stereocenters. The van der Waals surface area contributed by atoms with Gasteiger partial charge >= 0.3 is 5.97 Å². The number of methoxy groups -OCH3 is 1. The minimum atomic E-state index is -0.679. The minimum absolute atomic E-state index is 0.133. The molecule has 2 N–H and O–H groups in total. The first kappa shape index (κ1) is 17.3. The molecule has 0 radical (unpaired) electrons. The molecular formula is C17H16FNO5. The predicted molar refractivity (Wildman–Crippen MR) is 83.2 cm³/mol. The average Bonchev–Trinajstić information content (AvgIpc) is 2.58. The summed E-state index contributed by atoms with van der Waals surface area (Å²) in [4.78, 5) is 23.0. The Morgan fingerprint density at radius 3 is 2.58 bits per heavy atom. The fourth-order valence-electron chi connectivity index (χ4n) is 1.99. The van der Waals surface area contributed by atoms with Crippen molar-refractivity contribution >= 4 is 11.9 Å². The lowest BCUT2D eigenvalue weighted by Gasteiger charge is -2.12. The second kappa shape index (κ2) is 7.96. The molecule has 0 atom stereocenters. The van der Waals surface area contributed by atoms with E-state index in [-0.39, 0.29) is 24.5 Å². The minimum Gasteiger partial charge on any atom is -0.496 e. The normalized spacial score (nSPS) is 10.1. The molecule has 0 aromatic heterocycles. The zero-order valence-corrected chi connectivity index (χ0v) is 13.0. The van der Waals surface area contributed by atoms with E-state index >= 15 is 0 Å². The van der Waals surface area contributed by atoms with Gasteiger partial charge in [0.1, 0.15) is 29.5 Å². The molecule has 126 valence electrons. The number of carbonyl (C=O) groups is 2. The topological polar surface area (TPSA) is 87.8 Å². The van der Waals surface area contributed by atoms with Gasteiger partial charge in [-0.1, -0.05) is 12.1 Å². The van der Waals surface area contributed by atoms with Crippen LogP contribution in [0.5, 0.6) is 11.5 Å². The Hall–Kier alpha value is -3.09. The number of halogens is 1. The standard InChI is InChI=1S/C17H16FNO5/c1-22-14-7-6-12(18)8-11(14)9-24-17(21)13-4-2-3-5-15(13)23-10-16(19)20/h2-8H,9-10H2,1H3,(H2,19,20). The van der Waals surface area contributed by atoms with Crippen LogP contribution in [0.15, 0.2) is 42.5 Å². The quantitative estimate of drug-likeness (QED) is 0.784. The van der Waals surface area contributed by atoms with Crippen molar-refractivity contribution in [2.45, 2.75) is 6.61 Å². The zero-order valence-electron chi connectivity index (χ0n) is 13.0. The summed E-state index contributed by atoms with van der Waals surface area (Å²) in [6.07, 6.45) is 0. The molecule has 24 heavy (non-hydrogen) atoms. The van der Waals surface area contributed by atoms with Gasteiger partial charge in [0.15, 0.2) is 6.61 Å². The number of ether oxygens (including phenoxy) is 3. The van der Waals surface area contributed by atoms with Crippen LogP contribution in [0.3, 0.4) is 0 Å². The molecule has 0 saturated carbocycles. The molecule has 0 spiro atoms. The van der Waals surface area contributed by atoms with E-state index in [4.69, 9.17) is 19.9 Å². The van der Waals surface area contributed by atoms with E-state index in [1.807, 2.05) is 0 Å². The Bertz CT molecular complexity index is 748. The molecule has 0 bridgehead atoms. The third kappa shape index (κ3) is 4.45. The summed E-state index contributed by atoms with van der Waals surface area (Å²) in [5.41, 5.74) is 5.54. The lowest BCUT2D eigenvalue weighted by Crippen LogP contribution is -2.21.